The largest absolute Gasteiger partial charge is 0.320 e. The predicted octanol–water partition coefficient (Wildman–Crippen LogP) is 4.86. The van der Waals surface area contributed by atoms with Gasteiger partial charge in [0.05, 0.1) is 18.1 Å². The number of rotatable bonds is 4. The number of nitrogens with zero attached hydrogens (tertiary/aromatic N) is 6. The van der Waals surface area contributed by atoms with Gasteiger partial charge < -0.3 is 4.90 Å². The summed E-state index contributed by atoms with van der Waals surface area (Å²) in [5.74, 6) is 4.20. The summed E-state index contributed by atoms with van der Waals surface area (Å²) in [5.41, 5.74) is -0.320. The van der Waals surface area contributed by atoms with E-state index in [1.54, 1.807) is 13.8 Å². The second kappa shape index (κ2) is 8.40. The molecule has 0 atom stereocenters. The minimum absolute atomic E-state index is 0.0350. The number of hydrogen-bond donors (Lipinski definition) is 0. The maximum atomic E-state index is 14.5. The number of fused-ring (bicyclic) bond motifs is 3. The lowest BCUT2D eigenvalue weighted by Gasteiger charge is -2.25. The van der Waals surface area contributed by atoms with Crippen molar-refractivity contribution >= 4 is 28.2 Å². The highest BCUT2D eigenvalue weighted by molar-refractivity contribution is 5.93. The molecule has 0 aliphatic carbocycles. The van der Waals surface area contributed by atoms with E-state index in [9.17, 15) is 17.6 Å². The number of nitriles is 1. The van der Waals surface area contributed by atoms with Gasteiger partial charge in [-0.15, -0.1) is 10.2 Å². The van der Waals surface area contributed by atoms with Gasteiger partial charge in [-0.3, -0.25) is 4.40 Å². The summed E-state index contributed by atoms with van der Waals surface area (Å²) in [5, 5.41) is 17.0. The molecular formula is C23H16F4N6. The van der Waals surface area contributed by atoms with Crippen molar-refractivity contribution in [2.75, 3.05) is 11.4 Å². The van der Waals surface area contributed by atoms with Crippen molar-refractivity contribution in [2.45, 2.75) is 20.3 Å². The Labute approximate surface area is 186 Å². The topological polar surface area (TPSA) is 70.1 Å². The molecule has 0 bridgehead atoms. The summed E-state index contributed by atoms with van der Waals surface area (Å²) in [7, 11) is 0. The van der Waals surface area contributed by atoms with Crippen molar-refractivity contribution in [1.29, 1.82) is 5.26 Å². The van der Waals surface area contributed by atoms with Gasteiger partial charge in [0.15, 0.2) is 0 Å². The molecule has 0 aliphatic rings. The summed E-state index contributed by atoms with van der Waals surface area (Å²) in [6.45, 7) is 2.35. The third-order valence-corrected chi connectivity index (χ3v) is 4.76. The zero-order valence-electron chi connectivity index (χ0n) is 17.5. The van der Waals surface area contributed by atoms with Crippen LogP contribution in [-0.2, 0) is 0 Å². The van der Waals surface area contributed by atoms with Crippen LogP contribution in [0.25, 0.3) is 16.7 Å². The SMILES string of the molecule is CC(C)(C#N)C#Cc1cc(F)cc(N(CC(F)F)c2nc3nncn3c3ccc(F)cc23)c1. The number of aromatic nitrogens is 4. The fourth-order valence-electron chi connectivity index (χ4n) is 3.24. The van der Waals surface area contributed by atoms with Gasteiger partial charge in [-0.25, -0.2) is 17.6 Å². The smallest absolute Gasteiger partial charge is 0.257 e. The predicted molar refractivity (Wildman–Crippen MR) is 114 cm³/mol. The van der Waals surface area contributed by atoms with Crippen LogP contribution in [0.1, 0.15) is 19.4 Å². The summed E-state index contributed by atoms with van der Waals surface area (Å²) in [4.78, 5) is 5.39. The van der Waals surface area contributed by atoms with Crippen LogP contribution < -0.4 is 4.90 Å². The molecule has 6 nitrogen and oxygen atoms in total. The Balaban J connectivity index is 1.95. The van der Waals surface area contributed by atoms with Gasteiger partial charge in [-0.1, -0.05) is 11.8 Å². The molecule has 2 heterocycles. The molecule has 0 radical (unpaired) electrons. The second-order valence-electron chi connectivity index (χ2n) is 7.78. The Bertz CT molecular complexity index is 1460. The number of anilines is 2. The first-order valence-electron chi connectivity index (χ1n) is 9.76. The van der Waals surface area contributed by atoms with Gasteiger partial charge in [-0.05, 0) is 50.2 Å². The molecule has 2 aromatic heterocycles. The highest BCUT2D eigenvalue weighted by Gasteiger charge is 2.22. The summed E-state index contributed by atoms with van der Waals surface area (Å²) < 4.78 is 57.3. The van der Waals surface area contributed by atoms with E-state index >= 15 is 0 Å². The van der Waals surface area contributed by atoms with E-state index in [2.05, 4.69) is 27.0 Å². The van der Waals surface area contributed by atoms with Crippen LogP contribution in [0.15, 0.2) is 42.7 Å². The molecule has 2 aromatic carbocycles. The quantitative estimate of drug-likeness (QED) is 0.327. The first kappa shape index (κ1) is 22.0. The molecule has 33 heavy (non-hydrogen) atoms. The van der Waals surface area contributed by atoms with Crippen LogP contribution in [0.2, 0.25) is 0 Å². The number of benzene rings is 2. The first-order valence-corrected chi connectivity index (χ1v) is 9.76. The van der Waals surface area contributed by atoms with Crippen LogP contribution >= 0.6 is 0 Å². The van der Waals surface area contributed by atoms with E-state index < -0.39 is 30.0 Å². The lowest BCUT2D eigenvalue weighted by atomic mass is 9.96. The third-order valence-electron chi connectivity index (χ3n) is 4.76. The fourth-order valence-corrected chi connectivity index (χ4v) is 3.24. The average Bonchev–Trinajstić information content (AvgIpc) is 3.24. The zero-order valence-corrected chi connectivity index (χ0v) is 17.5. The van der Waals surface area contributed by atoms with Crippen molar-refractivity contribution in [3.8, 4) is 17.9 Å². The van der Waals surface area contributed by atoms with Gasteiger partial charge in [0, 0.05) is 16.6 Å². The van der Waals surface area contributed by atoms with Crippen molar-refractivity contribution < 1.29 is 17.6 Å². The van der Waals surface area contributed by atoms with Gasteiger partial charge in [-0.2, -0.15) is 10.2 Å². The molecule has 0 N–H and O–H groups in total. The molecule has 4 aromatic rings. The lowest BCUT2D eigenvalue weighted by molar-refractivity contribution is 0.158. The lowest BCUT2D eigenvalue weighted by Crippen LogP contribution is -2.25. The van der Waals surface area contributed by atoms with Crippen molar-refractivity contribution in [1.82, 2.24) is 19.6 Å². The number of alkyl halides is 2. The maximum Gasteiger partial charge on any atom is 0.257 e. The van der Waals surface area contributed by atoms with Gasteiger partial charge >= 0.3 is 0 Å². The molecule has 166 valence electrons. The molecule has 0 amide bonds. The summed E-state index contributed by atoms with van der Waals surface area (Å²) in [6.07, 6.45) is -1.45. The number of halogens is 4. The molecule has 4 rings (SSSR count). The van der Waals surface area contributed by atoms with Crippen molar-refractivity contribution in [3.63, 3.8) is 0 Å². The van der Waals surface area contributed by atoms with Crippen LogP contribution in [-0.4, -0.2) is 32.6 Å². The molecule has 0 fully saturated rings. The van der Waals surface area contributed by atoms with Crippen LogP contribution in [0.5, 0.6) is 0 Å². The van der Waals surface area contributed by atoms with Crippen LogP contribution in [0.3, 0.4) is 0 Å². The van der Waals surface area contributed by atoms with Gasteiger partial charge in [0.1, 0.15) is 29.2 Å². The highest BCUT2D eigenvalue weighted by atomic mass is 19.3. The minimum Gasteiger partial charge on any atom is -0.320 e. The number of hydrogen-bond acceptors (Lipinski definition) is 5. The molecule has 0 saturated carbocycles. The summed E-state index contributed by atoms with van der Waals surface area (Å²) >= 11 is 0. The molecule has 0 aliphatic heterocycles. The second-order valence-corrected chi connectivity index (χ2v) is 7.78. The van der Waals surface area contributed by atoms with E-state index in [1.807, 2.05) is 6.07 Å². The monoisotopic (exact) mass is 452 g/mol. The highest BCUT2D eigenvalue weighted by Crippen LogP contribution is 2.33. The standard InChI is InChI=1S/C23H16F4N6/c1-23(2,12-28)6-5-14-7-16(25)9-17(8-14)32(11-20(26)27)21-18-10-15(24)3-4-19(18)33-13-29-31-22(33)30-21/h3-4,7-10,13,20H,11H2,1-2H3. The Hall–Kier alpha value is -4.18. The van der Waals surface area contributed by atoms with Crippen LogP contribution in [0.4, 0.5) is 29.1 Å². The first-order chi connectivity index (χ1) is 15.7. The Morgan fingerprint density at radius 1 is 1.12 bits per heavy atom. The molecule has 10 heteroatoms. The zero-order chi connectivity index (χ0) is 23.8. The van der Waals surface area contributed by atoms with Crippen molar-refractivity contribution in [2.24, 2.45) is 5.41 Å². The minimum atomic E-state index is -2.82. The fraction of sp³-hybridized carbons (Fsp3) is 0.217. The average molecular weight is 452 g/mol. The van der Waals surface area contributed by atoms with Gasteiger partial charge in [0.25, 0.3) is 12.2 Å². The van der Waals surface area contributed by atoms with E-state index in [0.717, 1.165) is 23.1 Å². The van der Waals surface area contributed by atoms with E-state index in [-0.39, 0.29) is 28.2 Å². The summed E-state index contributed by atoms with van der Waals surface area (Å²) in [6, 6.07) is 9.46. The van der Waals surface area contributed by atoms with E-state index in [4.69, 9.17) is 5.26 Å². The Morgan fingerprint density at radius 2 is 1.91 bits per heavy atom. The Morgan fingerprint density at radius 3 is 2.64 bits per heavy atom. The molecular weight excluding hydrogens is 436 g/mol. The van der Waals surface area contributed by atoms with Crippen LogP contribution in [0, 0.1) is 40.2 Å². The molecule has 0 saturated heterocycles. The third kappa shape index (κ3) is 4.55. The maximum absolute atomic E-state index is 14.5. The molecule has 0 unspecified atom stereocenters. The Kier molecular flexibility index (Phi) is 5.60. The normalized spacial score (nSPS) is 11.5. The van der Waals surface area contributed by atoms with Gasteiger partial charge in [0.2, 0.25) is 0 Å². The van der Waals surface area contributed by atoms with Crippen molar-refractivity contribution in [3.05, 3.63) is 59.9 Å². The van der Waals surface area contributed by atoms with E-state index in [0.29, 0.717) is 5.52 Å². The van der Waals surface area contributed by atoms with E-state index in [1.165, 1.54) is 28.9 Å². The molecule has 0 spiro atoms.